The van der Waals surface area contributed by atoms with Gasteiger partial charge in [0.25, 0.3) is 0 Å². The Morgan fingerprint density at radius 1 is 0.634 bits per heavy atom. The van der Waals surface area contributed by atoms with Crippen LogP contribution in [-0.2, 0) is 15.0 Å². The Bertz CT molecular complexity index is 1330. The van der Waals surface area contributed by atoms with E-state index in [1.165, 1.54) is 33.6 Å². The Kier molecular flexibility index (Phi) is 12.0. The maximum atomic E-state index is 5.72. The predicted molar refractivity (Wildman–Crippen MR) is 173 cm³/mol. The Morgan fingerprint density at radius 3 is 1.37 bits per heavy atom. The van der Waals surface area contributed by atoms with Gasteiger partial charge in [0.2, 0.25) is 0 Å². The summed E-state index contributed by atoms with van der Waals surface area (Å²) in [4.78, 5) is 0. The summed E-state index contributed by atoms with van der Waals surface area (Å²) in [5.74, 6) is 1.73. The second-order valence-electron chi connectivity index (χ2n) is 11.6. The summed E-state index contributed by atoms with van der Waals surface area (Å²) in [6.07, 6.45) is 8.81. The summed E-state index contributed by atoms with van der Waals surface area (Å²) in [5, 5.41) is 4.18. The van der Waals surface area contributed by atoms with Crippen LogP contribution in [0.15, 0.2) is 91.4 Å². The van der Waals surface area contributed by atoms with E-state index in [9.17, 15) is 0 Å². The zero-order valence-electron chi connectivity index (χ0n) is 26.0. The van der Waals surface area contributed by atoms with E-state index < -0.39 is 0 Å². The Hall–Kier alpha value is -3.10. The first-order chi connectivity index (χ1) is 19.6. The van der Waals surface area contributed by atoms with Gasteiger partial charge in [-0.1, -0.05) is 30.3 Å². The van der Waals surface area contributed by atoms with E-state index in [1.807, 2.05) is 36.4 Å². The van der Waals surface area contributed by atoms with E-state index in [2.05, 4.69) is 126 Å². The minimum absolute atomic E-state index is 0.433. The van der Waals surface area contributed by atoms with Crippen LogP contribution in [0.3, 0.4) is 0 Å². The monoisotopic (exact) mass is 591 g/mol. The van der Waals surface area contributed by atoms with Crippen LogP contribution in [0.5, 0.6) is 0 Å². The molecule has 4 heteroatoms. The van der Waals surface area contributed by atoms with Crippen molar-refractivity contribution >= 4 is 5.69 Å². The normalized spacial score (nSPS) is 11.6. The third-order valence-corrected chi connectivity index (χ3v) is 7.63. The quantitative estimate of drug-likeness (QED) is 0.136. The van der Waals surface area contributed by atoms with E-state index in [-0.39, 0.29) is 0 Å². The van der Waals surface area contributed by atoms with Crippen LogP contribution in [0.4, 0.5) is 5.69 Å². The van der Waals surface area contributed by atoms with Crippen molar-refractivity contribution < 1.29 is 15.0 Å². The van der Waals surface area contributed by atoms with Crippen LogP contribution in [0, 0.1) is 11.3 Å². The molecule has 0 N–H and O–H groups in total. The number of nitrogens with zero attached hydrogens (tertiary/aromatic N) is 3. The molecule has 4 rings (SSSR count). The second-order valence-corrected chi connectivity index (χ2v) is 12.0. The summed E-state index contributed by atoms with van der Waals surface area (Å²) in [7, 11) is 0. The molecular formula is C37H47N3Ni-2. The number of hydrogen-bond acceptors (Lipinski definition) is 0. The van der Waals surface area contributed by atoms with Crippen molar-refractivity contribution in [2.45, 2.75) is 85.5 Å². The molecule has 0 radical (unpaired) electrons. The van der Waals surface area contributed by atoms with E-state index in [1.54, 1.807) is 6.20 Å². The molecule has 0 saturated heterocycles. The van der Waals surface area contributed by atoms with Gasteiger partial charge in [-0.05, 0) is 0 Å². The maximum Gasteiger partial charge on any atom is -0.0624 e. The molecule has 0 atom stereocenters. The Morgan fingerprint density at radius 2 is 1.02 bits per heavy atom. The number of hydrogen-bond donors (Lipinski definition) is 0. The fourth-order valence-electron chi connectivity index (χ4n) is 4.99. The van der Waals surface area contributed by atoms with Crippen molar-refractivity contribution in [1.82, 2.24) is 9.13 Å². The van der Waals surface area contributed by atoms with Gasteiger partial charge < -0.3 is 12.2 Å². The fourth-order valence-corrected chi connectivity index (χ4v) is 5.36. The largest absolute Gasteiger partial charge is 0.664 e. The van der Waals surface area contributed by atoms with Gasteiger partial charge in [-0.3, -0.25) is 0 Å². The van der Waals surface area contributed by atoms with Gasteiger partial charge >= 0.3 is 190 Å². The summed E-state index contributed by atoms with van der Waals surface area (Å²) in [6.45, 7) is 21.8. The zero-order valence-corrected chi connectivity index (χ0v) is 27.0. The standard InChI is InChI=1S/C27H36N2.C10H11N.Ni/c1-18(2)22-11-9-12-23(19(3)4)26(22)28-15-16-29(17-28)27-24(20(5)6)13-10-14-25(27)21(7)8;1-2-3-9-11-10-7-5-4-6-8-10;/h9-16,18-21H,1-8H3;3-9H,1-2H2;/q;-2;/b;9-3-;. The van der Waals surface area contributed by atoms with Crippen molar-refractivity contribution in [3.8, 4) is 11.4 Å². The van der Waals surface area contributed by atoms with Crippen LogP contribution < -0.4 is 0 Å². The molecule has 0 spiro atoms. The van der Waals surface area contributed by atoms with Gasteiger partial charge in [0, 0.05) is 0 Å². The van der Waals surface area contributed by atoms with Crippen molar-refractivity contribution in [3.05, 3.63) is 130 Å². The number of aromatic nitrogens is 2. The molecule has 1 heterocycles. The average Bonchev–Trinajstić information content (AvgIpc) is 3.33. The van der Waals surface area contributed by atoms with Crippen LogP contribution in [-0.4, -0.2) is 9.13 Å². The zero-order chi connectivity index (χ0) is 30.1. The van der Waals surface area contributed by atoms with Gasteiger partial charge in [0.05, 0.1) is 0 Å². The van der Waals surface area contributed by atoms with Gasteiger partial charge in [-0.25, -0.2) is 0 Å². The Labute approximate surface area is 256 Å². The number of rotatable bonds is 9. The first kappa shape index (κ1) is 32.4. The molecule has 1 aromatic heterocycles. The maximum absolute atomic E-state index is 5.72. The SMILES string of the molecule is CC(C)c1cccc(C(C)C)c1-n1ccn(-c2c(C(C)C)cccc2C(C)C)[c]1=[Ni].[CH2-]C/C=C\[N-]c1ccccc1. The van der Waals surface area contributed by atoms with Crippen molar-refractivity contribution in [2.24, 2.45) is 0 Å². The molecule has 41 heavy (non-hydrogen) atoms. The molecule has 0 aliphatic heterocycles. The van der Waals surface area contributed by atoms with E-state index in [0.717, 1.165) is 16.5 Å². The van der Waals surface area contributed by atoms with Gasteiger partial charge in [0.1, 0.15) is 0 Å². The van der Waals surface area contributed by atoms with Crippen molar-refractivity contribution in [1.29, 1.82) is 0 Å². The summed E-state index contributed by atoms with van der Waals surface area (Å²) in [6, 6.07) is 23.2. The van der Waals surface area contributed by atoms with E-state index in [0.29, 0.717) is 23.7 Å². The molecule has 3 nitrogen and oxygen atoms in total. The van der Waals surface area contributed by atoms with Gasteiger partial charge in [0.15, 0.2) is 0 Å². The molecular weight excluding hydrogens is 545 g/mol. The minimum atomic E-state index is 0.433. The fraction of sp³-hybridized carbons (Fsp3) is 0.351. The molecule has 0 aliphatic rings. The van der Waals surface area contributed by atoms with Crippen molar-refractivity contribution in [3.63, 3.8) is 0 Å². The van der Waals surface area contributed by atoms with Crippen LogP contribution in [0.25, 0.3) is 16.7 Å². The van der Waals surface area contributed by atoms with Crippen LogP contribution in [0.2, 0.25) is 0 Å². The smallest absolute Gasteiger partial charge is 0.0624 e. The topological polar surface area (TPSA) is 24.0 Å². The van der Waals surface area contributed by atoms with Crippen molar-refractivity contribution in [2.75, 3.05) is 0 Å². The van der Waals surface area contributed by atoms with E-state index >= 15 is 0 Å². The molecule has 0 unspecified atom stereocenters. The molecule has 0 saturated carbocycles. The molecule has 222 valence electrons. The summed E-state index contributed by atoms with van der Waals surface area (Å²) < 4.78 is 5.36. The molecule has 3 aromatic carbocycles. The number of benzene rings is 3. The first-order valence-corrected chi connectivity index (χ1v) is 15.3. The Balaban J connectivity index is 0.000000352. The third kappa shape index (κ3) is 8.01. The molecule has 0 fully saturated rings. The molecule has 0 amide bonds. The summed E-state index contributed by atoms with van der Waals surface area (Å²) in [5.41, 5.74) is 8.90. The minimum Gasteiger partial charge on any atom is -0.664 e. The predicted octanol–water partition coefficient (Wildman–Crippen LogP) is 11.3. The van der Waals surface area contributed by atoms with Crippen LogP contribution in [0.1, 0.15) is 108 Å². The third-order valence-electron chi connectivity index (χ3n) is 7.15. The molecule has 0 bridgehead atoms. The number of para-hydroxylation sites is 3. The number of allylic oxidation sites excluding steroid dienone is 1. The number of imidazole rings is 1. The van der Waals surface area contributed by atoms with Crippen LogP contribution >= 0.6 is 0 Å². The van der Waals surface area contributed by atoms with Gasteiger partial charge in [-0.15, -0.1) is 11.8 Å². The second kappa shape index (κ2) is 15.2. The molecule has 4 aromatic rings. The summed E-state index contributed by atoms with van der Waals surface area (Å²) >= 11 is 5.72. The molecule has 0 aliphatic carbocycles. The average molecular weight is 592 g/mol. The van der Waals surface area contributed by atoms with Gasteiger partial charge in [-0.2, -0.15) is 12.6 Å². The van der Waals surface area contributed by atoms with E-state index in [4.69, 9.17) is 15.0 Å². The first-order valence-electron chi connectivity index (χ1n) is 14.8.